The van der Waals surface area contributed by atoms with E-state index in [4.69, 9.17) is 4.74 Å². The highest BCUT2D eigenvalue weighted by molar-refractivity contribution is 5.81. The molecule has 0 bridgehead atoms. The highest BCUT2D eigenvalue weighted by Gasteiger charge is 2.23. The smallest absolute Gasteiger partial charge is 0.237 e. The van der Waals surface area contributed by atoms with E-state index >= 15 is 0 Å². The third-order valence-electron chi connectivity index (χ3n) is 1.93. The fourth-order valence-electron chi connectivity index (χ4n) is 1.38. The molecule has 88 valence electrons. The van der Waals surface area contributed by atoms with Gasteiger partial charge in [0.1, 0.15) is 0 Å². The van der Waals surface area contributed by atoms with Crippen molar-refractivity contribution in [3.63, 3.8) is 0 Å². The van der Waals surface area contributed by atoms with Crippen LogP contribution in [-0.4, -0.2) is 37.7 Å². The summed E-state index contributed by atoms with van der Waals surface area (Å²) in [7, 11) is 1.64. The summed E-state index contributed by atoms with van der Waals surface area (Å²) in [5, 5.41) is 5.93. The summed E-state index contributed by atoms with van der Waals surface area (Å²) in [4.78, 5) is 11.5. The standard InChI is InChI=1S/C11H22N2O2/c1-6-7-12-10(14)9(2)13-11(3,4)8-15-5/h6,9,13H,1,7-8H2,2-5H3,(H,12,14). The first-order chi connectivity index (χ1) is 6.93. The lowest BCUT2D eigenvalue weighted by Crippen LogP contribution is -2.53. The number of methoxy groups -OCH3 is 1. The maximum atomic E-state index is 11.5. The van der Waals surface area contributed by atoms with Crippen molar-refractivity contribution in [2.45, 2.75) is 32.4 Å². The lowest BCUT2D eigenvalue weighted by molar-refractivity contribution is -0.123. The molecule has 0 aliphatic heterocycles. The average molecular weight is 214 g/mol. The molecule has 0 aliphatic rings. The van der Waals surface area contributed by atoms with Crippen LogP contribution in [0.25, 0.3) is 0 Å². The fraction of sp³-hybridized carbons (Fsp3) is 0.727. The Morgan fingerprint density at radius 3 is 2.67 bits per heavy atom. The summed E-state index contributed by atoms with van der Waals surface area (Å²) in [6.07, 6.45) is 1.66. The second kappa shape index (κ2) is 6.58. The first-order valence-electron chi connectivity index (χ1n) is 5.08. The molecule has 1 amide bonds. The number of nitrogens with one attached hydrogen (secondary N) is 2. The summed E-state index contributed by atoms with van der Waals surface area (Å²) < 4.78 is 5.06. The van der Waals surface area contributed by atoms with Crippen LogP contribution < -0.4 is 10.6 Å². The molecule has 0 saturated carbocycles. The van der Waals surface area contributed by atoms with Gasteiger partial charge in [-0.15, -0.1) is 6.58 Å². The Morgan fingerprint density at radius 2 is 2.20 bits per heavy atom. The normalized spacial score (nSPS) is 13.3. The summed E-state index contributed by atoms with van der Waals surface area (Å²) in [6, 6.07) is -0.241. The number of hydrogen-bond acceptors (Lipinski definition) is 3. The number of carbonyl (C=O) groups excluding carboxylic acids is 1. The molecule has 0 aromatic heterocycles. The Hall–Kier alpha value is -0.870. The van der Waals surface area contributed by atoms with Gasteiger partial charge in [0.15, 0.2) is 0 Å². The van der Waals surface area contributed by atoms with Crippen LogP contribution in [0.15, 0.2) is 12.7 Å². The molecule has 0 aliphatic carbocycles. The van der Waals surface area contributed by atoms with Gasteiger partial charge in [-0.25, -0.2) is 0 Å². The number of hydrogen-bond donors (Lipinski definition) is 2. The molecular formula is C11H22N2O2. The summed E-state index contributed by atoms with van der Waals surface area (Å²) in [5.41, 5.74) is -0.209. The Bertz CT molecular complexity index is 215. The maximum absolute atomic E-state index is 11.5. The van der Waals surface area contributed by atoms with Gasteiger partial charge in [-0.1, -0.05) is 6.08 Å². The second-order valence-corrected chi connectivity index (χ2v) is 4.22. The van der Waals surface area contributed by atoms with Crippen molar-refractivity contribution in [2.75, 3.05) is 20.3 Å². The molecule has 0 fully saturated rings. The first-order valence-corrected chi connectivity index (χ1v) is 5.08. The van der Waals surface area contributed by atoms with Crippen molar-refractivity contribution < 1.29 is 9.53 Å². The molecule has 0 radical (unpaired) electrons. The number of rotatable bonds is 7. The molecular weight excluding hydrogens is 192 g/mol. The van der Waals surface area contributed by atoms with Crippen LogP contribution in [0.5, 0.6) is 0 Å². The van der Waals surface area contributed by atoms with E-state index in [2.05, 4.69) is 17.2 Å². The van der Waals surface area contributed by atoms with Gasteiger partial charge in [0.05, 0.1) is 12.6 Å². The van der Waals surface area contributed by atoms with E-state index in [0.29, 0.717) is 13.2 Å². The Morgan fingerprint density at radius 1 is 1.60 bits per heavy atom. The fourth-order valence-corrected chi connectivity index (χ4v) is 1.38. The van der Waals surface area contributed by atoms with Gasteiger partial charge in [-0.05, 0) is 20.8 Å². The van der Waals surface area contributed by atoms with Crippen LogP contribution in [0, 0.1) is 0 Å². The van der Waals surface area contributed by atoms with Crippen LogP contribution in [0.2, 0.25) is 0 Å². The number of amides is 1. The average Bonchev–Trinajstić information content (AvgIpc) is 2.13. The highest BCUT2D eigenvalue weighted by atomic mass is 16.5. The van der Waals surface area contributed by atoms with E-state index < -0.39 is 0 Å². The van der Waals surface area contributed by atoms with Crippen molar-refractivity contribution >= 4 is 5.91 Å². The largest absolute Gasteiger partial charge is 0.383 e. The molecule has 0 rings (SSSR count). The number of carbonyl (C=O) groups is 1. The van der Waals surface area contributed by atoms with Crippen LogP contribution in [-0.2, 0) is 9.53 Å². The summed E-state index contributed by atoms with van der Waals surface area (Å²) in [6.45, 7) is 10.4. The van der Waals surface area contributed by atoms with E-state index in [1.165, 1.54) is 0 Å². The topological polar surface area (TPSA) is 50.4 Å². The SMILES string of the molecule is C=CCNC(=O)C(C)NC(C)(C)COC. The third-order valence-corrected chi connectivity index (χ3v) is 1.93. The summed E-state index contributed by atoms with van der Waals surface area (Å²) in [5.74, 6) is -0.0286. The Kier molecular flexibility index (Phi) is 6.20. The molecule has 0 aromatic rings. The monoisotopic (exact) mass is 214 g/mol. The van der Waals surface area contributed by atoms with Gasteiger partial charge in [-0.3, -0.25) is 10.1 Å². The molecule has 0 aromatic carbocycles. The van der Waals surface area contributed by atoms with Gasteiger partial charge in [-0.2, -0.15) is 0 Å². The van der Waals surface area contributed by atoms with E-state index in [1.807, 2.05) is 20.8 Å². The second-order valence-electron chi connectivity index (χ2n) is 4.22. The van der Waals surface area contributed by atoms with Gasteiger partial charge < -0.3 is 10.1 Å². The van der Waals surface area contributed by atoms with Crippen molar-refractivity contribution in [3.8, 4) is 0 Å². The predicted octanol–water partition coefficient (Wildman–Crippen LogP) is 0.692. The molecule has 4 nitrogen and oxygen atoms in total. The third kappa shape index (κ3) is 6.25. The van der Waals surface area contributed by atoms with Crippen LogP contribution in [0.1, 0.15) is 20.8 Å². The minimum atomic E-state index is -0.241. The predicted molar refractivity (Wildman–Crippen MR) is 61.8 cm³/mol. The van der Waals surface area contributed by atoms with Crippen molar-refractivity contribution in [3.05, 3.63) is 12.7 Å². The van der Waals surface area contributed by atoms with Crippen molar-refractivity contribution in [1.29, 1.82) is 0 Å². The molecule has 0 saturated heterocycles. The van der Waals surface area contributed by atoms with Crippen molar-refractivity contribution in [1.82, 2.24) is 10.6 Å². The van der Waals surface area contributed by atoms with E-state index in [1.54, 1.807) is 13.2 Å². The molecule has 1 atom stereocenters. The molecule has 15 heavy (non-hydrogen) atoms. The lowest BCUT2D eigenvalue weighted by Gasteiger charge is -2.28. The minimum absolute atomic E-state index is 0.0286. The van der Waals surface area contributed by atoms with Gasteiger partial charge in [0.2, 0.25) is 5.91 Å². The zero-order chi connectivity index (χ0) is 11.9. The van der Waals surface area contributed by atoms with Gasteiger partial charge in [0, 0.05) is 19.2 Å². The van der Waals surface area contributed by atoms with E-state index in [9.17, 15) is 4.79 Å². The van der Waals surface area contributed by atoms with Crippen molar-refractivity contribution in [2.24, 2.45) is 0 Å². The lowest BCUT2D eigenvalue weighted by atomic mass is 10.1. The zero-order valence-corrected chi connectivity index (χ0v) is 10.1. The van der Waals surface area contributed by atoms with Crippen LogP contribution in [0.4, 0.5) is 0 Å². The Labute approximate surface area is 92.1 Å². The zero-order valence-electron chi connectivity index (χ0n) is 10.1. The molecule has 0 spiro atoms. The quantitative estimate of drug-likeness (QED) is 0.613. The van der Waals surface area contributed by atoms with E-state index in [0.717, 1.165) is 0 Å². The number of ether oxygens (including phenoxy) is 1. The van der Waals surface area contributed by atoms with Gasteiger partial charge in [0.25, 0.3) is 0 Å². The molecule has 4 heteroatoms. The highest BCUT2D eigenvalue weighted by Crippen LogP contribution is 2.03. The van der Waals surface area contributed by atoms with Crippen LogP contribution >= 0.6 is 0 Å². The van der Waals surface area contributed by atoms with Crippen LogP contribution in [0.3, 0.4) is 0 Å². The van der Waals surface area contributed by atoms with E-state index in [-0.39, 0.29) is 17.5 Å². The molecule has 1 unspecified atom stereocenters. The molecule has 0 heterocycles. The minimum Gasteiger partial charge on any atom is -0.383 e. The first kappa shape index (κ1) is 14.1. The van der Waals surface area contributed by atoms with Gasteiger partial charge >= 0.3 is 0 Å². The summed E-state index contributed by atoms with van der Waals surface area (Å²) >= 11 is 0. The maximum Gasteiger partial charge on any atom is 0.237 e. The Balaban J connectivity index is 4.04. The molecule has 2 N–H and O–H groups in total.